The lowest BCUT2D eigenvalue weighted by Crippen LogP contribution is -2.47. The van der Waals surface area contributed by atoms with Crippen molar-refractivity contribution in [1.82, 2.24) is 0 Å². The van der Waals surface area contributed by atoms with Gasteiger partial charge in [0.05, 0.1) is 5.41 Å². The van der Waals surface area contributed by atoms with Crippen molar-refractivity contribution >= 4 is 11.8 Å². The van der Waals surface area contributed by atoms with Crippen molar-refractivity contribution in [3.63, 3.8) is 0 Å². The maximum absolute atomic E-state index is 12.8. The first-order valence-electron chi connectivity index (χ1n) is 9.02. The summed E-state index contributed by atoms with van der Waals surface area (Å²) in [6.07, 6.45) is 10.1. The summed E-state index contributed by atoms with van der Waals surface area (Å²) >= 11 is 0. The number of ketones is 1. The fourth-order valence-corrected chi connectivity index (χ4v) is 4.50. The molecule has 3 heteroatoms. The predicted molar refractivity (Wildman–Crippen MR) is 94.1 cm³/mol. The van der Waals surface area contributed by atoms with Crippen LogP contribution in [-0.4, -0.2) is 11.8 Å². The second-order valence-electron chi connectivity index (χ2n) is 7.51. The van der Waals surface area contributed by atoms with E-state index in [0.29, 0.717) is 16.7 Å². The first kappa shape index (κ1) is 16.9. The molecule has 0 unspecified atom stereocenters. The molecule has 0 saturated heterocycles. The van der Waals surface area contributed by atoms with E-state index < -0.39 is 0 Å². The molecule has 0 radical (unpaired) electrons. The number of rotatable bonds is 6. The highest BCUT2D eigenvalue weighted by Gasteiger charge is 2.52. The summed E-state index contributed by atoms with van der Waals surface area (Å²) in [5, 5.41) is 0. The van der Waals surface area contributed by atoms with E-state index in [2.05, 4.69) is 13.5 Å². The molecule has 3 saturated carbocycles. The lowest BCUT2D eigenvalue weighted by molar-refractivity contribution is -0.156. The lowest BCUT2D eigenvalue weighted by Gasteiger charge is -2.52. The number of ether oxygens (including phenoxy) is 1. The van der Waals surface area contributed by atoms with Gasteiger partial charge in [-0.1, -0.05) is 19.9 Å². The van der Waals surface area contributed by atoms with Gasteiger partial charge in [0, 0.05) is 5.56 Å². The first-order chi connectivity index (χ1) is 11.5. The van der Waals surface area contributed by atoms with Gasteiger partial charge in [-0.2, -0.15) is 0 Å². The van der Waals surface area contributed by atoms with E-state index in [1.807, 2.05) is 0 Å². The van der Waals surface area contributed by atoms with Gasteiger partial charge in [0.25, 0.3) is 0 Å². The topological polar surface area (TPSA) is 43.4 Å². The molecule has 0 atom stereocenters. The van der Waals surface area contributed by atoms with Crippen molar-refractivity contribution in [2.75, 3.05) is 0 Å². The Kier molecular flexibility index (Phi) is 4.62. The Morgan fingerprint density at radius 3 is 2.17 bits per heavy atom. The molecule has 1 aromatic rings. The lowest BCUT2D eigenvalue weighted by atomic mass is 9.52. The van der Waals surface area contributed by atoms with E-state index in [1.54, 1.807) is 24.3 Å². The molecule has 0 aliphatic heterocycles. The van der Waals surface area contributed by atoms with Crippen LogP contribution in [0.4, 0.5) is 0 Å². The zero-order valence-corrected chi connectivity index (χ0v) is 14.5. The highest BCUT2D eigenvalue weighted by Crippen LogP contribution is 2.59. The first-order valence-corrected chi connectivity index (χ1v) is 9.02. The summed E-state index contributed by atoms with van der Waals surface area (Å²) in [6, 6.07) is 6.74. The molecule has 2 bridgehead atoms. The second-order valence-corrected chi connectivity index (χ2v) is 7.51. The van der Waals surface area contributed by atoms with Crippen LogP contribution in [0, 0.1) is 10.8 Å². The van der Waals surface area contributed by atoms with Gasteiger partial charge in [-0.15, -0.1) is 0 Å². The third kappa shape index (κ3) is 3.04. The van der Waals surface area contributed by atoms with Crippen LogP contribution in [0.25, 0.3) is 0 Å². The van der Waals surface area contributed by atoms with Gasteiger partial charge in [-0.3, -0.25) is 9.59 Å². The summed E-state index contributed by atoms with van der Waals surface area (Å²) in [5.41, 5.74) is 0.761. The molecule has 0 spiro atoms. The summed E-state index contributed by atoms with van der Waals surface area (Å²) in [7, 11) is 0. The highest BCUT2D eigenvalue weighted by atomic mass is 16.5. The van der Waals surface area contributed by atoms with E-state index in [4.69, 9.17) is 4.74 Å². The number of benzene rings is 1. The Bertz CT molecular complexity index is 617. The molecule has 3 aliphatic rings. The Morgan fingerprint density at radius 1 is 1.08 bits per heavy atom. The van der Waals surface area contributed by atoms with Crippen molar-refractivity contribution in [3.8, 4) is 5.75 Å². The summed E-state index contributed by atoms with van der Waals surface area (Å²) in [4.78, 5) is 24.3. The van der Waals surface area contributed by atoms with Crippen molar-refractivity contribution < 1.29 is 14.3 Å². The van der Waals surface area contributed by atoms with Crippen molar-refractivity contribution in [2.45, 2.75) is 58.3 Å². The van der Waals surface area contributed by atoms with Crippen LogP contribution >= 0.6 is 0 Å². The molecule has 3 nitrogen and oxygen atoms in total. The number of allylic oxidation sites excluding steroid dienone is 1. The minimum Gasteiger partial charge on any atom is -0.426 e. The van der Waals surface area contributed by atoms with Crippen LogP contribution in [0.2, 0.25) is 0 Å². The largest absolute Gasteiger partial charge is 0.426 e. The van der Waals surface area contributed by atoms with Gasteiger partial charge in [-0.05, 0) is 80.7 Å². The van der Waals surface area contributed by atoms with E-state index in [0.717, 1.165) is 38.5 Å². The van der Waals surface area contributed by atoms with Crippen LogP contribution in [0.15, 0.2) is 36.9 Å². The molecule has 1 aromatic carbocycles. The summed E-state index contributed by atoms with van der Waals surface area (Å²) in [6.45, 7) is 5.73. The molecule has 0 aromatic heterocycles. The standard InChI is InChI=1S/C21H26O3/c1-3-9-20-10-13-21(14-11-20,15-12-20)19(23)24-17-7-5-16(6-8-17)18(22)4-2/h4-8H,2-3,9-15H2,1H3. The molecule has 0 amide bonds. The predicted octanol–water partition coefficient (Wildman–Crippen LogP) is 5.10. The van der Waals surface area contributed by atoms with Crippen molar-refractivity contribution in [3.05, 3.63) is 42.5 Å². The Morgan fingerprint density at radius 2 is 1.67 bits per heavy atom. The average molecular weight is 326 g/mol. The van der Waals surface area contributed by atoms with Gasteiger partial charge in [0.1, 0.15) is 5.75 Å². The van der Waals surface area contributed by atoms with E-state index >= 15 is 0 Å². The van der Waals surface area contributed by atoms with Crippen LogP contribution in [0.3, 0.4) is 0 Å². The maximum Gasteiger partial charge on any atom is 0.317 e. The third-order valence-corrected chi connectivity index (χ3v) is 6.15. The Hall–Kier alpha value is -1.90. The third-order valence-electron chi connectivity index (χ3n) is 6.15. The van der Waals surface area contributed by atoms with Crippen LogP contribution in [0.5, 0.6) is 5.75 Å². The molecule has 0 heterocycles. The number of esters is 1. The number of hydrogen-bond acceptors (Lipinski definition) is 3. The minimum atomic E-state index is -0.287. The van der Waals surface area contributed by atoms with Crippen molar-refractivity contribution in [2.24, 2.45) is 10.8 Å². The molecule has 4 rings (SSSR count). The monoisotopic (exact) mass is 326 g/mol. The second kappa shape index (κ2) is 6.54. The van der Waals surface area contributed by atoms with E-state index in [-0.39, 0.29) is 17.2 Å². The van der Waals surface area contributed by atoms with Crippen LogP contribution < -0.4 is 4.74 Å². The van der Waals surface area contributed by atoms with Gasteiger partial charge >= 0.3 is 5.97 Å². The summed E-state index contributed by atoms with van der Waals surface area (Å²) in [5.74, 6) is 0.305. The highest BCUT2D eigenvalue weighted by molar-refractivity contribution is 6.04. The van der Waals surface area contributed by atoms with E-state index in [9.17, 15) is 9.59 Å². The molecular formula is C21H26O3. The maximum atomic E-state index is 12.8. The van der Waals surface area contributed by atoms with Gasteiger partial charge in [-0.25, -0.2) is 0 Å². The smallest absolute Gasteiger partial charge is 0.317 e. The van der Waals surface area contributed by atoms with Gasteiger partial charge < -0.3 is 4.74 Å². The fraction of sp³-hybridized carbons (Fsp3) is 0.524. The summed E-state index contributed by atoms with van der Waals surface area (Å²) < 4.78 is 5.66. The Labute approximate surface area is 144 Å². The zero-order chi connectivity index (χ0) is 17.2. The molecule has 3 aliphatic carbocycles. The van der Waals surface area contributed by atoms with Crippen LogP contribution in [-0.2, 0) is 4.79 Å². The van der Waals surface area contributed by atoms with Crippen molar-refractivity contribution in [1.29, 1.82) is 0 Å². The number of carbonyl (C=O) groups excluding carboxylic acids is 2. The number of carbonyl (C=O) groups is 2. The Balaban J connectivity index is 1.66. The average Bonchev–Trinajstić information content (AvgIpc) is 2.63. The number of fused-ring (bicyclic) bond motifs is 3. The van der Waals surface area contributed by atoms with E-state index in [1.165, 1.54) is 18.9 Å². The molecule has 24 heavy (non-hydrogen) atoms. The zero-order valence-electron chi connectivity index (χ0n) is 14.5. The number of hydrogen-bond donors (Lipinski definition) is 0. The van der Waals surface area contributed by atoms with Crippen LogP contribution in [0.1, 0.15) is 68.6 Å². The fourth-order valence-electron chi connectivity index (χ4n) is 4.50. The quantitative estimate of drug-likeness (QED) is 0.316. The molecule has 0 N–H and O–H groups in total. The molecular weight excluding hydrogens is 300 g/mol. The molecule has 3 fully saturated rings. The SMILES string of the molecule is C=CC(=O)c1ccc(OC(=O)C23CCC(CCC)(CC2)CC3)cc1. The normalized spacial score (nSPS) is 28.4. The van der Waals surface area contributed by atoms with Gasteiger partial charge in [0.15, 0.2) is 5.78 Å². The minimum absolute atomic E-state index is 0.0879. The molecule has 128 valence electrons. The van der Waals surface area contributed by atoms with Gasteiger partial charge in [0.2, 0.25) is 0 Å².